The molecule has 3 atom stereocenters. The van der Waals surface area contributed by atoms with E-state index >= 15 is 0 Å². The quantitative estimate of drug-likeness (QED) is 0.815. The zero-order valence-electron chi connectivity index (χ0n) is 11.2. The minimum absolute atomic E-state index is 0.434. The fourth-order valence-electron chi connectivity index (χ4n) is 4.00. The topological polar surface area (TPSA) is 21.3 Å². The lowest BCUT2D eigenvalue weighted by Gasteiger charge is -2.43. The molecule has 98 valence electrons. The molecule has 1 aliphatic heterocycles. The zero-order valence-corrected chi connectivity index (χ0v) is 11.2. The second-order valence-electron chi connectivity index (χ2n) is 7.00. The average Bonchev–Trinajstić information content (AvgIpc) is 2.34. The molecule has 1 N–H and O–H groups in total. The van der Waals surface area contributed by atoms with E-state index in [1.807, 2.05) is 0 Å². The third-order valence-electron chi connectivity index (χ3n) is 5.26. The van der Waals surface area contributed by atoms with Gasteiger partial charge in [0.25, 0.3) is 0 Å². The number of fused-ring (bicyclic) bond motifs is 1. The number of hydrogen-bond donors (Lipinski definition) is 1. The van der Waals surface area contributed by atoms with Gasteiger partial charge in [0, 0.05) is 18.0 Å². The summed E-state index contributed by atoms with van der Waals surface area (Å²) in [5, 5.41) is 3.82. The van der Waals surface area contributed by atoms with E-state index in [9.17, 15) is 0 Å². The van der Waals surface area contributed by atoms with Crippen LogP contribution >= 0.6 is 0 Å². The van der Waals surface area contributed by atoms with Crippen LogP contribution in [-0.4, -0.2) is 25.8 Å². The standard InChI is InChI=1S/C15H27NO/c1-15(10-17-11-15)9-16-14-7-6-12-4-2-3-5-13(12)8-14/h12-14,16H,2-11H2,1H3. The first-order chi connectivity index (χ1) is 8.25. The molecule has 3 rings (SSSR count). The van der Waals surface area contributed by atoms with Crippen molar-refractivity contribution in [1.82, 2.24) is 5.32 Å². The van der Waals surface area contributed by atoms with Gasteiger partial charge < -0.3 is 10.1 Å². The molecule has 17 heavy (non-hydrogen) atoms. The summed E-state index contributed by atoms with van der Waals surface area (Å²) in [5.74, 6) is 2.12. The number of hydrogen-bond acceptors (Lipinski definition) is 2. The van der Waals surface area contributed by atoms with Gasteiger partial charge in [-0.1, -0.05) is 32.6 Å². The Morgan fingerprint density at radius 2 is 1.82 bits per heavy atom. The third-order valence-corrected chi connectivity index (χ3v) is 5.26. The molecular formula is C15H27NO. The number of nitrogens with one attached hydrogen (secondary N) is 1. The summed E-state index contributed by atoms with van der Waals surface area (Å²) < 4.78 is 5.32. The van der Waals surface area contributed by atoms with Gasteiger partial charge in [-0.25, -0.2) is 0 Å². The molecule has 0 radical (unpaired) electrons. The highest BCUT2D eigenvalue weighted by Crippen LogP contribution is 2.40. The van der Waals surface area contributed by atoms with Crippen molar-refractivity contribution in [2.24, 2.45) is 17.3 Å². The summed E-state index contributed by atoms with van der Waals surface area (Å²) >= 11 is 0. The second kappa shape index (κ2) is 4.89. The summed E-state index contributed by atoms with van der Waals surface area (Å²) in [4.78, 5) is 0. The van der Waals surface area contributed by atoms with Gasteiger partial charge in [-0.3, -0.25) is 0 Å². The van der Waals surface area contributed by atoms with Crippen molar-refractivity contribution in [2.75, 3.05) is 19.8 Å². The van der Waals surface area contributed by atoms with E-state index in [1.54, 1.807) is 0 Å². The minimum atomic E-state index is 0.434. The number of rotatable bonds is 3. The van der Waals surface area contributed by atoms with E-state index in [4.69, 9.17) is 4.74 Å². The molecule has 2 saturated carbocycles. The van der Waals surface area contributed by atoms with Gasteiger partial charge in [-0.05, 0) is 31.1 Å². The lowest BCUT2D eigenvalue weighted by atomic mass is 9.69. The number of ether oxygens (including phenoxy) is 1. The molecule has 0 aromatic carbocycles. The molecule has 1 heterocycles. The van der Waals surface area contributed by atoms with Crippen molar-refractivity contribution >= 4 is 0 Å². The fraction of sp³-hybridized carbons (Fsp3) is 1.00. The Morgan fingerprint density at radius 1 is 1.06 bits per heavy atom. The SMILES string of the molecule is CC1(CNC2CCC3CCCCC3C2)COC1. The van der Waals surface area contributed by atoms with Gasteiger partial charge in [0.15, 0.2) is 0 Å². The van der Waals surface area contributed by atoms with E-state index in [0.29, 0.717) is 5.41 Å². The Balaban J connectivity index is 1.45. The highest BCUT2D eigenvalue weighted by atomic mass is 16.5. The Kier molecular flexibility index (Phi) is 3.45. The Labute approximate surface area is 105 Å². The van der Waals surface area contributed by atoms with Crippen LogP contribution < -0.4 is 5.32 Å². The van der Waals surface area contributed by atoms with E-state index < -0.39 is 0 Å². The fourth-order valence-corrected chi connectivity index (χ4v) is 4.00. The maximum Gasteiger partial charge on any atom is 0.0554 e. The summed E-state index contributed by atoms with van der Waals surface area (Å²) in [5.41, 5.74) is 0.434. The smallest absolute Gasteiger partial charge is 0.0554 e. The molecule has 0 amide bonds. The summed E-state index contributed by atoms with van der Waals surface area (Å²) in [6.45, 7) is 5.42. The molecule has 0 aromatic heterocycles. The summed E-state index contributed by atoms with van der Waals surface area (Å²) in [6, 6.07) is 0.798. The van der Waals surface area contributed by atoms with Gasteiger partial charge in [-0.2, -0.15) is 0 Å². The van der Waals surface area contributed by atoms with Crippen molar-refractivity contribution < 1.29 is 4.74 Å². The largest absolute Gasteiger partial charge is 0.380 e. The normalized spacial score (nSPS) is 40.4. The third kappa shape index (κ3) is 2.68. The van der Waals surface area contributed by atoms with Crippen LogP contribution in [0.5, 0.6) is 0 Å². The summed E-state index contributed by atoms with van der Waals surface area (Å²) in [6.07, 6.45) is 10.3. The van der Waals surface area contributed by atoms with Crippen molar-refractivity contribution in [3.8, 4) is 0 Å². The van der Waals surface area contributed by atoms with E-state index in [1.165, 1.54) is 44.9 Å². The molecule has 0 bridgehead atoms. The minimum Gasteiger partial charge on any atom is -0.380 e. The van der Waals surface area contributed by atoms with Crippen LogP contribution in [0.4, 0.5) is 0 Å². The molecule has 1 saturated heterocycles. The molecule has 3 aliphatic rings. The van der Waals surface area contributed by atoms with Crippen LogP contribution in [-0.2, 0) is 4.74 Å². The van der Waals surface area contributed by atoms with Crippen molar-refractivity contribution in [2.45, 2.75) is 57.9 Å². The maximum atomic E-state index is 5.32. The first-order valence-corrected chi connectivity index (χ1v) is 7.56. The molecule has 2 nitrogen and oxygen atoms in total. The van der Waals surface area contributed by atoms with Crippen molar-refractivity contribution in [3.63, 3.8) is 0 Å². The Hall–Kier alpha value is -0.0800. The first-order valence-electron chi connectivity index (χ1n) is 7.56. The van der Waals surface area contributed by atoms with E-state index in [2.05, 4.69) is 12.2 Å². The molecule has 2 aliphatic carbocycles. The van der Waals surface area contributed by atoms with Gasteiger partial charge in [-0.15, -0.1) is 0 Å². The molecule has 3 unspecified atom stereocenters. The first kappa shape index (κ1) is 12.0. The maximum absolute atomic E-state index is 5.32. The lowest BCUT2D eigenvalue weighted by Crippen LogP contribution is -2.50. The lowest BCUT2D eigenvalue weighted by molar-refractivity contribution is -0.101. The second-order valence-corrected chi connectivity index (χ2v) is 7.00. The van der Waals surface area contributed by atoms with Gasteiger partial charge in [0.1, 0.15) is 0 Å². The molecule has 3 fully saturated rings. The van der Waals surface area contributed by atoms with Crippen LogP contribution in [0, 0.1) is 17.3 Å². The Bertz CT molecular complexity index is 262. The predicted octanol–water partition coefficient (Wildman–Crippen LogP) is 2.97. The van der Waals surface area contributed by atoms with Gasteiger partial charge in [0.2, 0.25) is 0 Å². The van der Waals surface area contributed by atoms with Gasteiger partial charge in [0.05, 0.1) is 13.2 Å². The molecule has 2 heteroatoms. The van der Waals surface area contributed by atoms with Crippen LogP contribution in [0.15, 0.2) is 0 Å². The van der Waals surface area contributed by atoms with Crippen LogP contribution in [0.2, 0.25) is 0 Å². The highest BCUT2D eigenvalue weighted by Gasteiger charge is 2.36. The average molecular weight is 237 g/mol. The van der Waals surface area contributed by atoms with Gasteiger partial charge >= 0.3 is 0 Å². The van der Waals surface area contributed by atoms with Crippen LogP contribution in [0.25, 0.3) is 0 Å². The Morgan fingerprint density at radius 3 is 2.53 bits per heavy atom. The van der Waals surface area contributed by atoms with Crippen molar-refractivity contribution in [1.29, 1.82) is 0 Å². The molecule has 0 spiro atoms. The monoisotopic (exact) mass is 237 g/mol. The molecule has 0 aromatic rings. The summed E-state index contributed by atoms with van der Waals surface area (Å²) in [7, 11) is 0. The van der Waals surface area contributed by atoms with E-state index in [-0.39, 0.29) is 0 Å². The van der Waals surface area contributed by atoms with E-state index in [0.717, 1.165) is 37.6 Å². The predicted molar refractivity (Wildman–Crippen MR) is 70.0 cm³/mol. The van der Waals surface area contributed by atoms with Crippen LogP contribution in [0.3, 0.4) is 0 Å². The molecular weight excluding hydrogens is 210 g/mol. The van der Waals surface area contributed by atoms with Crippen molar-refractivity contribution in [3.05, 3.63) is 0 Å². The highest BCUT2D eigenvalue weighted by molar-refractivity contribution is 4.89. The van der Waals surface area contributed by atoms with Crippen LogP contribution in [0.1, 0.15) is 51.9 Å². The zero-order chi connectivity index (χ0) is 11.7.